The molecule has 126 valence electrons. The summed E-state index contributed by atoms with van der Waals surface area (Å²) in [7, 11) is 0. The second-order valence-corrected chi connectivity index (χ2v) is 10.9. The number of ether oxygens (including phenoxy) is 2. The highest BCUT2D eigenvalue weighted by molar-refractivity contribution is 6.72. The molecule has 0 aromatic rings. The van der Waals surface area contributed by atoms with Crippen molar-refractivity contribution in [2.45, 2.75) is 39.9 Å². The topological polar surface area (TPSA) is 55.8 Å². The molecule has 4 atom stereocenters. The Hall–Kier alpha value is 1.42. The molecular weight excluding hydrogens is 456 g/mol. The monoisotopic (exact) mass is 458 g/mol. The van der Waals surface area contributed by atoms with Gasteiger partial charge in [0.25, 0.3) is 0 Å². The molecular formula is C12H5Cl7O4. The fourth-order valence-electron chi connectivity index (χ4n) is 7.02. The molecule has 0 amide bonds. The van der Waals surface area contributed by atoms with Gasteiger partial charge in [0.1, 0.15) is 39.5 Å². The first-order valence-electron chi connectivity index (χ1n) is 6.74. The summed E-state index contributed by atoms with van der Waals surface area (Å²) in [6.45, 7) is 0.357. The Morgan fingerprint density at radius 1 is 0.696 bits per heavy atom. The second-order valence-electron chi connectivity index (χ2n) is 6.98. The van der Waals surface area contributed by atoms with Crippen molar-refractivity contribution in [3.63, 3.8) is 0 Å². The normalized spacial score (nSPS) is 77.0. The van der Waals surface area contributed by atoms with E-state index < -0.39 is 51.3 Å². The van der Waals surface area contributed by atoms with Crippen molar-refractivity contribution in [1.82, 2.24) is 0 Å². The maximum Gasteiger partial charge on any atom is 0.315 e. The lowest BCUT2D eigenvalue weighted by Gasteiger charge is -3.03. The first-order chi connectivity index (χ1) is 10.4. The summed E-state index contributed by atoms with van der Waals surface area (Å²) in [5, 5.41) is 9.89. The second kappa shape index (κ2) is 3.02. The molecule has 7 fully saturated rings. The van der Waals surface area contributed by atoms with Crippen LogP contribution in [-0.4, -0.2) is 64.2 Å². The molecule has 1 spiro atoms. The minimum atomic E-state index is -1.82. The van der Waals surface area contributed by atoms with E-state index in [4.69, 9.17) is 90.7 Å². The number of halogens is 7. The quantitative estimate of drug-likeness (QED) is 0.611. The summed E-state index contributed by atoms with van der Waals surface area (Å²) < 4.78 is 11.5. The predicted molar refractivity (Wildman–Crippen MR) is 84.8 cm³/mol. The SMILES string of the molecule is O=C(O)C12C3(Cl)C4(Cl)C5(OCCO5)C5(Cl)C3(Cl)C1(Cl)C5(Cl)C42Cl. The van der Waals surface area contributed by atoms with Crippen molar-refractivity contribution in [2.24, 2.45) is 5.41 Å². The fourth-order valence-corrected chi connectivity index (χ4v) is 13.8. The van der Waals surface area contributed by atoms with Crippen LogP contribution in [0, 0.1) is 5.41 Å². The van der Waals surface area contributed by atoms with E-state index in [0.717, 1.165) is 0 Å². The smallest absolute Gasteiger partial charge is 0.315 e. The summed E-state index contributed by atoms with van der Waals surface area (Å²) >= 11 is 47.4. The molecule has 7 aliphatic rings. The zero-order valence-electron chi connectivity index (χ0n) is 10.7. The van der Waals surface area contributed by atoms with Crippen LogP contribution in [0.5, 0.6) is 0 Å². The zero-order valence-corrected chi connectivity index (χ0v) is 16.0. The molecule has 1 heterocycles. The first-order valence-corrected chi connectivity index (χ1v) is 9.38. The summed E-state index contributed by atoms with van der Waals surface area (Å²) in [6.07, 6.45) is 0. The van der Waals surface area contributed by atoms with Gasteiger partial charge in [0.15, 0.2) is 0 Å². The van der Waals surface area contributed by atoms with E-state index in [2.05, 4.69) is 0 Å². The van der Waals surface area contributed by atoms with Crippen LogP contribution in [0.25, 0.3) is 0 Å². The van der Waals surface area contributed by atoms with E-state index in [1.165, 1.54) is 0 Å². The number of carboxylic acids is 1. The van der Waals surface area contributed by atoms with Crippen LogP contribution in [0.3, 0.4) is 0 Å². The molecule has 7 rings (SSSR count). The molecule has 6 aliphatic carbocycles. The average Bonchev–Trinajstić information content (AvgIpc) is 3.01. The highest BCUT2D eigenvalue weighted by Gasteiger charge is 3.38. The van der Waals surface area contributed by atoms with Crippen LogP contribution in [-0.2, 0) is 14.3 Å². The van der Waals surface area contributed by atoms with E-state index in [0.29, 0.717) is 0 Å². The lowest BCUT2D eigenvalue weighted by atomic mass is 9.10. The van der Waals surface area contributed by atoms with E-state index in [1.807, 2.05) is 0 Å². The Morgan fingerprint density at radius 3 is 1.43 bits per heavy atom. The molecule has 0 aromatic carbocycles. The van der Waals surface area contributed by atoms with E-state index >= 15 is 0 Å². The molecule has 11 heteroatoms. The summed E-state index contributed by atoms with van der Waals surface area (Å²) in [6, 6.07) is 0. The Bertz CT molecular complexity index is 749. The van der Waals surface area contributed by atoms with E-state index in [9.17, 15) is 9.90 Å². The van der Waals surface area contributed by atoms with Gasteiger partial charge in [0.2, 0.25) is 5.79 Å². The standard InChI is InChI=1S/C12H5Cl7O4/c13-5-4(3(20)21)6(14)8(5,16)11(19)9(5,17)7(4,15)10(6,18)12(11)22-1-2-23-12/h1-2H2,(H,20,21). The Morgan fingerprint density at radius 2 is 1.04 bits per heavy atom. The van der Waals surface area contributed by atoms with Gasteiger partial charge in [-0.1, -0.05) is 0 Å². The van der Waals surface area contributed by atoms with Crippen LogP contribution >= 0.6 is 81.2 Å². The lowest BCUT2D eigenvalue weighted by Crippen LogP contribution is -3.26. The summed E-state index contributed by atoms with van der Waals surface area (Å²) in [5.74, 6) is -3.01. The van der Waals surface area contributed by atoms with E-state index in [1.54, 1.807) is 0 Å². The highest BCUT2D eigenvalue weighted by atomic mass is 35.5. The Kier molecular flexibility index (Phi) is 2.03. The predicted octanol–water partition coefficient (Wildman–Crippen LogP) is 2.71. The van der Waals surface area contributed by atoms with Gasteiger partial charge >= 0.3 is 5.97 Å². The van der Waals surface area contributed by atoms with Crippen LogP contribution < -0.4 is 0 Å². The van der Waals surface area contributed by atoms with Crippen molar-refractivity contribution >= 4 is 87.2 Å². The summed E-state index contributed by atoms with van der Waals surface area (Å²) in [5.41, 5.74) is -1.82. The minimum Gasteiger partial charge on any atom is -0.481 e. The van der Waals surface area contributed by atoms with Crippen molar-refractivity contribution < 1.29 is 19.4 Å². The molecule has 4 unspecified atom stereocenters. The Labute approximate surface area is 164 Å². The third kappa shape index (κ3) is 0.604. The van der Waals surface area contributed by atoms with Gasteiger partial charge < -0.3 is 14.6 Å². The number of aliphatic carboxylic acids is 1. The van der Waals surface area contributed by atoms with Gasteiger partial charge in [-0.05, 0) is 0 Å². The molecule has 0 radical (unpaired) electrons. The summed E-state index contributed by atoms with van der Waals surface area (Å²) in [4.78, 5) is 0.310. The van der Waals surface area contributed by atoms with Crippen molar-refractivity contribution in [3.05, 3.63) is 0 Å². The van der Waals surface area contributed by atoms with Gasteiger partial charge in [0, 0.05) is 0 Å². The maximum atomic E-state index is 12.1. The molecule has 4 nitrogen and oxygen atoms in total. The molecule has 2 bridgehead atoms. The third-order valence-electron chi connectivity index (χ3n) is 7.27. The highest BCUT2D eigenvalue weighted by Crippen LogP contribution is 3.17. The van der Waals surface area contributed by atoms with Crippen LogP contribution in [0.1, 0.15) is 0 Å². The van der Waals surface area contributed by atoms with Gasteiger partial charge in [0.05, 0.1) is 13.2 Å². The van der Waals surface area contributed by atoms with Crippen LogP contribution in [0.15, 0.2) is 0 Å². The van der Waals surface area contributed by atoms with Gasteiger partial charge in [-0.2, -0.15) is 0 Å². The fraction of sp³-hybridized carbons (Fsp3) is 0.917. The number of carboxylic acid groups (broad SMARTS) is 1. The van der Waals surface area contributed by atoms with Gasteiger partial charge in [-0.3, -0.25) is 4.79 Å². The number of rotatable bonds is 1. The molecule has 1 N–H and O–H groups in total. The number of hydrogen-bond donors (Lipinski definition) is 1. The van der Waals surface area contributed by atoms with Crippen molar-refractivity contribution in [2.75, 3.05) is 13.2 Å². The van der Waals surface area contributed by atoms with Gasteiger partial charge in [-0.15, -0.1) is 81.2 Å². The zero-order chi connectivity index (χ0) is 16.9. The number of alkyl halides is 7. The molecule has 23 heavy (non-hydrogen) atoms. The van der Waals surface area contributed by atoms with Crippen LogP contribution in [0.2, 0.25) is 0 Å². The maximum absolute atomic E-state index is 12.1. The van der Waals surface area contributed by atoms with Crippen LogP contribution in [0.4, 0.5) is 0 Å². The largest absolute Gasteiger partial charge is 0.481 e. The number of hydrogen-bond acceptors (Lipinski definition) is 3. The average molecular weight is 461 g/mol. The Balaban J connectivity index is 1.81. The lowest BCUT2D eigenvalue weighted by molar-refractivity contribution is -0.332. The molecule has 0 aromatic heterocycles. The minimum absolute atomic E-state index is 0.179. The van der Waals surface area contributed by atoms with Crippen molar-refractivity contribution in [3.8, 4) is 0 Å². The molecule has 1 aliphatic heterocycles. The van der Waals surface area contributed by atoms with Gasteiger partial charge in [-0.25, -0.2) is 0 Å². The molecule has 1 saturated heterocycles. The van der Waals surface area contributed by atoms with Crippen molar-refractivity contribution in [1.29, 1.82) is 0 Å². The third-order valence-corrected chi connectivity index (χ3v) is 13.9. The number of carbonyl (C=O) groups is 1. The van der Waals surface area contributed by atoms with E-state index in [-0.39, 0.29) is 13.2 Å². The first kappa shape index (κ1) is 15.5. The molecule has 6 saturated carbocycles.